The van der Waals surface area contributed by atoms with Crippen LogP contribution in [0.4, 0.5) is 0 Å². The molecular formula is C8H12N2O2S. The van der Waals surface area contributed by atoms with Crippen molar-refractivity contribution in [2.75, 3.05) is 5.75 Å². The summed E-state index contributed by atoms with van der Waals surface area (Å²) in [6.45, 7) is 3.47. The Morgan fingerprint density at radius 1 is 1.31 bits per heavy atom. The predicted octanol–water partition coefficient (Wildman–Crippen LogP) is 0.720. The monoisotopic (exact) mass is 200 g/mol. The highest BCUT2D eigenvalue weighted by atomic mass is 32.2. The fourth-order valence-corrected chi connectivity index (χ4v) is 1.54. The average molecular weight is 200 g/mol. The molecule has 0 N–H and O–H groups in total. The van der Waals surface area contributed by atoms with Crippen LogP contribution in [0.15, 0.2) is 12.4 Å². The van der Waals surface area contributed by atoms with Gasteiger partial charge in [-0.1, -0.05) is 6.92 Å². The summed E-state index contributed by atoms with van der Waals surface area (Å²) in [5, 5.41) is 0. The Morgan fingerprint density at radius 2 is 1.85 bits per heavy atom. The maximum Gasteiger partial charge on any atom is 0.157 e. The van der Waals surface area contributed by atoms with Crippen molar-refractivity contribution in [3.63, 3.8) is 0 Å². The molecule has 0 aliphatic rings. The van der Waals surface area contributed by atoms with Gasteiger partial charge in [0, 0.05) is 18.1 Å². The summed E-state index contributed by atoms with van der Waals surface area (Å²) in [6, 6.07) is 0. The van der Waals surface area contributed by atoms with Crippen LogP contribution in [0.1, 0.15) is 18.3 Å². The zero-order chi connectivity index (χ0) is 9.90. The molecule has 0 spiro atoms. The summed E-state index contributed by atoms with van der Waals surface area (Å²) in [5.41, 5.74) is 0.928. The molecule has 13 heavy (non-hydrogen) atoms. The van der Waals surface area contributed by atoms with Gasteiger partial charge in [-0.15, -0.1) is 0 Å². The standard InChI is InChI=1S/C8H12N2O2S/c1-3-13(11,12)6-8-9-4-7(2)5-10-8/h4-5H,3,6H2,1-2H3. The molecule has 0 aliphatic heterocycles. The minimum Gasteiger partial charge on any atom is -0.240 e. The number of nitrogens with zero attached hydrogens (tertiary/aromatic N) is 2. The van der Waals surface area contributed by atoms with E-state index in [1.807, 2.05) is 6.92 Å². The molecule has 1 rings (SSSR count). The Bertz CT molecular complexity index is 370. The van der Waals surface area contributed by atoms with E-state index in [2.05, 4.69) is 9.97 Å². The largest absolute Gasteiger partial charge is 0.240 e. The third-order valence-electron chi connectivity index (χ3n) is 1.62. The van der Waals surface area contributed by atoms with E-state index in [1.54, 1.807) is 19.3 Å². The van der Waals surface area contributed by atoms with Crippen LogP contribution in [0.5, 0.6) is 0 Å². The van der Waals surface area contributed by atoms with Gasteiger partial charge in [0.05, 0.1) is 0 Å². The first-order chi connectivity index (χ1) is 6.03. The van der Waals surface area contributed by atoms with Crippen LogP contribution in [-0.2, 0) is 15.6 Å². The van der Waals surface area contributed by atoms with Crippen LogP contribution in [0.2, 0.25) is 0 Å². The number of rotatable bonds is 3. The van der Waals surface area contributed by atoms with Crippen molar-refractivity contribution >= 4 is 9.84 Å². The van der Waals surface area contributed by atoms with Gasteiger partial charge in [-0.2, -0.15) is 0 Å². The minimum absolute atomic E-state index is 0.0657. The molecule has 0 radical (unpaired) electrons. The Balaban J connectivity index is 2.82. The molecule has 4 nitrogen and oxygen atoms in total. The zero-order valence-corrected chi connectivity index (χ0v) is 8.50. The maximum atomic E-state index is 11.2. The first kappa shape index (κ1) is 10.1. The summed E-state index contributed by atoms with van der Waals surface area (Å²) in [5.74, 6) is 0.432. The van der Waals surface area contributed by atoms with Crippen LogP contribution < -0.4 is 0 Å². The smallest absolute Gasteiger partial charge is 0.157 e. The van der Waals surface area contributed by atoms with Gasteiger partial charge in [0.25, 0.3) is 0 Å². The van der Waals surface area contributed by atoms with Crippen LogP contribution >= 0.6 is 0 Å². The zero-order valence-electron chi connectivity index (χ0n) is 7.69. The highest BCUT2D eigenvalue weighted by Gasteiger charge is 2.10. The first-order valence-corrected chi connectivity index (χ1v) is 5.83. The lowest BCUT2D eigenvalue weighted by atomic mass is 10.4. The lowest BCUT2D eigenvalue weighted by Gasteiger charge is -1.99. The molecule has 1 aromatic rings. The fraction of sp³-hybridized carbons (Fsp3) is 0.500. The summed E-state index contributed by atoms with van der Waals surface area (Å²) in [7, 11) is -3.01. The average Bonchev–Trinajstić information content (AvgIpc) is 2.09. The second-order valence-electron chi connectivity index (χ2n) is 2.85. The van der Waals surface area contributed by atoms with Crippen molar-refractivity contribution in [2.45, 2.75) is 19.6 Å². The van der Waals surface area contributed by atoms with E-state index in [0.717, 1.165) is 5.56 Å². The van der Waals surface area contributed by atoms with Crippen molar-refractivity contribution in [3.05, 3.63) is 23.8 Å². The summed E-state index contributed by atoms with van der Waals surface area (Å²) >= 11 is 0. The number of hydrogen-bond donors (Lipinski definition) is 0. The van der Waals surface area contributed by atoms with Crippen LogP contribution in [0.3, 0.4) is 0 Å². The van der Waals surface area contributed by atoms with Gasteiger partial charge in [0.1, 0.15) is 11.6 Å². The lowest BCUT2D eigenvalue weighted by molar-refractivity contribution is 0.595. The molecule has 0 bridgehead atoms. The van der Waals surface area contributed by atoms with Gasteiger partial charge in [-0.05, 0) is 12.5 Å². The van der Waals surface area contributed by atoms with Crippen molar-refractivity contribution < 1.29 is 8.42 Å². The number of sulfone groups is 1. The Labute approximate surface area is 78.0 Å². The quantitative estimate of drug-likeness (QED) is 0.721. The number of aryl methyl sites for hydroxylation is 1. The highest BCUT2D eigenvalue weighted by molar-refractivity contribution is 7.90. The molecular weight excluding hydrogens is 188 g/mol. The van der Waals surface area contributed by atoms with E-state index < -0.39 is 9.84 Å². The van der Waals surface area contributed by atoms with Crippen LogP contribution in [0.25, 0.3) is 0 Å². The normalized spacial score (nSPS) is 11.5. The first-order valence-electron chi connectivity index (χ1n) is 4.01. The SMILES string of the molecule is CCS(=O)(=O)Cc1ncc(C)cn1. The third kappa shape index (κ3) is 3.10. The highest BCUT2D eigenvalue weighted by Crippen LogP contribution is 2.00. The van der Waals surface area contributed by atoms with E-state index in [9.17, 15) is 8.42 Å². The molecule has 72 valence electrons. The molecule has 0 aromatic carbocycles. The van der Waals surface area contributed by atoms with Gasteiger partial charge < -0.3 is 0 Å². The van der Waals surface area contributed by atoms with Gasteiger partial charge in [-0.3, -0.25) is 0 Å². The summed E-state index contributed by atoms with van der Waals surface area (Å²) < 4.78 is 22.3. The maximum absolute atomic E-state index is 11.2. The van der Waals surface area contributed by atoms with Crippen LogP contribution in [0, 0.1) is 6.92 Å². The van der Waals surface area contributed by atoms with Gasteiger partial charge in [-0.25, -0.2) is 18.4 Å². The van der Waals surface area contributed by atoms with Crippen LogP contribution in [-0.4, -0.2) is 24.1 Å². The predicted molar refractivity (Wildman–Crippen MR) is 49.9 cm³/mol. The van der Waals surface area contributed by atoms with Crippen molar-refractivity contribution in [1.82, 2.24) is 9.97 Å². The topological polar surface area (TPSA) is 59.9 Å². The van der Waals surface area contributed by atoms with Gasteiger partial charge >= 0.3 is 0 Å². The van der Waals surface area contributed by atoms with Gasteiger partial charge in [0.15, 0.2) is 9.84 Å². The lowest BCUT2D eigenvalue weighted by Crippen LogP contribution is -2.09. The fourth-order valence-electron chi connectivity index (χ4n) is 0.793. The Hall–Kier alpha value is -0.970. The van der Waals surface area contributed by atoms with Crippen molar-refractivity contribution in [2.24, 2.45) is 0 Å². The molecule has 0 saturated carbocycles. The van der Waals surface area contributed by atoms with Gasteiger partial charge in [0.2, 0.25) is 0 Å². The third-order valence-corrected chi connectivity index (χ3v) is 3.20. The molecule has 5 heteroatoms. The molecule has 0 fully saturated rings. The molecule has 0 aliphatic carbocycles. The molecule has 1 aromatic heterocycles. The summed E-state index contributed by atoms with van der Waals surface area (Å²) in [6.07, 6.45) is 3.24. The van der Waals surface area contributed by atoms with E-state index >= 15 is 0 Å². The molecule has 1 heterocycles. The van der Waals surface area contributed by atoms with Crippen molar-refractivity contribution in [1.29, 1.82) is 0 Å². The Kier molecular flexibility index (Phi) is 2.98. The second kappa shape index (κ2) is 3.83. The number of aromatic nitrogens is 2. The number of hydrogen-bond acceptors (Lipinski definition) is 4. The molecule has 0 unspecified atom stereocenters. The molecule has 0 atom stereocenters. The molecule has 0 saturated heterocycles. The van der Waals surface area contributed by atoms with E-state index in [1.165, 1.54) is 0 Å². The Morgan fingerprint density at radius 3 is 2.31 bits per heavy atom. The van der Waals surface area contributed by atoms with E-state index in [0.29, 0.717) is 5.82 Å². The minimum atomic E-state index is -3.01. The second-order valence-corrected chi connectivity index (χ2v) is 5.21. The van der Waals surface area contributed by atoms with E-state index in [-0.39, 0.29) is 11.5 Å². The van der Waals surface area contributed by atoms with E-state index in [4.69, 9.17) is 0 Å². The van der Waals surface area contributed by atoms with Crippen molar-refractivity contribution in [3.8, 4) is 0 Å². The summed E-state index contributed by atoms with van der Waals surface area (Å²) in [4.78, 5) is 7.84. The molecule has 0 amide bonds.